The maximum atomic E-state index is 14.6. The van der Waals surface area contributed by atoms with E-state index in [2.05, 4.69) is 16.0 Å². The highest BCUT2D eigenvalue weighted by Gasteiger charge is 2.42. The highest BCUT2D eigenvalue weighted by molar-refractivity contribution is 6.11. The number of para-hydroxylation sites is 3. The summed E-state index contributed by atoms with van der Waals surface area (Å²) in [5.74, 6) is -7.06. The standard InChI is InChI=1S/C73H91N9O15/c1-71(2,3)95-68(92)80(65(89)52-22-10-13-28-58(52)83)55(25-16-19-43-74)62(86)77-49-37-31-46(32-38-49)61(47-33-39-50(40-34-47)78-63(87)56(26-17-20-44-75)81(69(93)96-72(4,5)6)66(90)53-23-11-14-29-59(53)84)48-35-41-51(42-36-48)79-64(88)57(27-18-21-45-76)82(70(94)97-73(7,8)9)67(91)54-24-12-15-30-60(54)85/h10-15,22-24,28-42,55-57,61,83-85H,16-21,25-27,43-45,74-76H2,1-9H3,(H,77,86)(H,78,87)(H,79,88)/t55-,56-,57-/m1/s1. The number of nitrogens with two attached hydrogens (primary N) is 3. The fourth-order valence-corrected chi connectivity index (χ4v) is 10.5. The van der Waals surface area contributed by atoms with Gasteiger partial charge in [0.05, 0.1) is 16.7 Å². The molecule has 0 aromatic heterocycles. The topological polar surface area (TPSA) is 366 Å². The zero-order valence-electron chi connectivity index (χ0n) is 56.5. The zero-order valence-corrected chi connectivity index (χ0v) is 56.5. The molecule has 24 nitrogen and oxygen atoms in total. The van der Waals surface area contributed by atoms with Gasteiger partial charge in [0.15, 0.2) is 0 Å². The molecule has 0 spiro atoms. The molecule has 0 saturated carbocycles. The van der Waals surface area contributed by atoms with Crippen molar-refractivity contribution < 1.29 is 72.7 Å². The van der Waals surface area contributed by atoms with Crippen molar-refractivity contribution in [1.29, 1.82) is 0 Å². The second kappa shape index (κ2) is 34.5. The van der Waals surface area contributed by atoms with Gasteiger partial charge >= 0.3 is 18.3 Å². The number of unbranched alkanes of at least 4 members (excludes halogenated alkanes) is 3. The highest BCUT2D eigenvalue weighted by Crippen LogP contribution is 2.36. The Hall–Kier alpha value is -10.2. The summed E-state index contributed by atoms with van der Waals surface area (Å²) >= 11 is 0. The summed E-state index contributed by atoms with van der Waals surface area (Å²) < 4.78 is 17.0. The lowest BCUT2D eigenvalue weighted by Crippen LogP contribution is -2.52. The van der Waals surface area contributed by atoms with Gasteiger partial charge in [-0.1, -0.05) is 72.8 Å². The van der Waals surface area contributed by atoms with Crippen LogP contribution in [-0.2, 0) is 28.6 Å². The Morgan fingerprint density at radius 1 is 0.361 bits per heavy atom. The van der Waals surface area contributed by atoms with Crippen molar-refractivity contribution in [1.82, 2.24) is 14.7 Å². The molecule has 0 radical (unpaired) electrons. The van der Waals surface area contributed by atoms with Gasteiger partial charge in [0, 0.05) is 23.0 Å². The molecular formula is C73H91N9O15. The van der Waals surface area contributed by atoms with Gasteiger partial charge in [-0.3, -0.25) is 28.8 Å². The number of anilines is 3. The molecule has 6 rings (SSSR count). The minimum absolute atomic E-state index is 0.0186. The molecule has 9 amide bonds. The summed E-state index contributed by atoms with van der Waals surface area (Å²) in [7, 11) is 0. The molecule has 0 unspecified atom stereocenters. The van der Waals surface area contributed by atoms with Crippen molar-refractivity contribution in [3.8, 4) is 17.2 Å². The van der Waals surface area contributed by atoms with E-state index in [0.717, 1.165) is 0 Å². The summed E-state index contributed by atoms with van der Waals surface area (Å²) in [5, 5.41) is 40.9. The van der Waals surface area contributed by atoms with Gasteiger partial charge < -0.3 is 62.7 Å². The van der Waals surface area contributed by atoms with Gasteiger partial charge in [-0.05, 0) is 229 Å². The minimum Gasteiger partial charge on any atom is -0.507 e. The van der Waals surface area contributed by atoms with Crippen molar-refractivity contribution in [2.45, 2.75) is 161 Å². The van der Waals surface area contributed by atoms with Crippen LogP contribution in [0.5, 0.6) is 17.2 Å². The quantitative estimate of drug-likeness (QED) is 0.0131. The van der Waals surface area contributed by atoms with Crippen molar-refractivity contribution in [3.63, 3.8) is 0 Å². The normalized spacial score (nSPS) is 12.5. The maximum Gasteiger partial charge on any atom is 0.418 e. The Morgan fingerprint density at radius 3 is 0.794 bits per heavy atom. The number of carbonyl (C=O) groups excluding carboxylic acids is 9. The lowest BCUT2D eigenvalue weighted by atomic mass is 9.85. The number of hydrogen-bond donors (Lipinski definition) is 9. The van der Waals surface area contributed by atoms with Crippen LogP contribution in [0.1, 0.15) is 174 Å². The Morgan fingerprint density at radius 2 is 0.588 bits per heavy atom. The van der Waals surface area contributed by atoms with E-state index in [4.69, 9.17) is 31.4 Å². The molecular weight excluding hydrogens is 1240 g/mol. The van der Waals surface area contributed by atoms with E-state index in [0.29, 0.717) is 69.9 Å². The predicted octanol–water partition coefficient (Wildman–Crippen LogP) is 11.5. The first-order chi connectivity index (χ1) is 45.9. The van der Waals surface area contributed by atoms with Crippen LogP contribution in [0.25, 0.3) is 0 Å². The third-order valence-corrected chi connectivity index (χ3v) is 15.0. The lowest BCUT2D eigenvalue weighted by Gasteiger charge is -2.32. The number of carbonyl (C=O) groups is 9. The zero-order chi connectivity index (χ0) is 71.4. The number of imide groups is 3. The van der Waals surface area contributed by atoms with Gasteiger partial charge in [0.1, 0.15) is 52.2 Å². The second-order valence-electron chi connectivity index (χ2n) is 26.2. The summed E-state index contributed by atoms with van der Waals surface area (Å²) in [6, 6.07) is 32.7. The van der Waals surface area contributed by atoms with E-state index in [1.165, 1.54) is 72.8 Å². The van der Waals surface area contributed by atoms with Gasteiger partial charge in [0.2, 0.25) is 17.7 Å². The average molecular weight is 1330 g/mol. The van der Waals surface area contributed by atoms with Crippen LogP contribution in [-0.4, -0.2) is 138 Å². The molecule has 24 heteroatoms. The van der Waals surface area contributed by atoms with E-state index in [1.807, 2.05) is 0 Å². The molecule has 6 aromatic rings. The lowest BCUT2D eigenvalue weighted by molar-refractivity contribution is -0.121. The predicted molar refractivity (Wildman–Crippen MR) is 368 cm³/mol. The van der Waals surface area contributed by atoms with Crippen LogP contribution >= 0.6 is 0 Å². The molecule has 0 aliphatic heterocycles. The Balaban J connectivity index is 1.41. The number of phenols is 3. The Bertz CT molecular complexity index is 3330. The smallest absolute Gasteiger partial charge is 0.418 e. The fourth-order valence-electron chi connectivity index (χ4n) is 10.5. The Kier molecular flexibility index (Phi) is 27.0. The molecule has 0 bridgehead atoms. The van der Waals surface area contributed by atoms with Gasteiger partial charge in [-0.15, -0.1) is 0 Å². The number of ether oxygens (including phenoxy) is 3. The number of amides is 9. The molecule has 0 aliphatic rings. The molecule has 0 fully saturated rings. The summed E-state index contributed by atoms with van der Waals surface area (Å²) in [6.07, 6.45) is -1.08. The van der Waals surface area contributed by atoms with Crippen LogP contribution in [0, 0.1) is 0 Å². The minimum atomic E-state index is -1.45. The van der Waals surface area contributed by atoms with Crippen molar-refractivity contribution >= 4 is 70.8 Å². The van der Waals surface area contributed by atoms with Crippen molar-refractivity contribution in [2.75, 3.05) is 35.6 Å². The molecule has 0 saturated heterocycles. The third-order valence-electron chi connectivity index (χ3n) is 15.0. The second-order valence-corrected chi connectivity index (χ2v) is 26.2. The number of nitrogens with zero attached hydrogens (tertiary/aromatic N) is 3. The van der Waals surface area contributed by atoms with Crippen molar-refractivity contribution in [2.24, 2.45) is 17.2 Å². The highest BCUT2D eigenvalue weighted by atomic mass is 16.6. The Labute approximate surface area is 565 Å². The van der Waals surface area contributed by atoms with E-state index < -0.39 is 112 Å². The van der Waals surface area contributed by atoms with Crippen LogP contribution in [0.3, 0.4) is 0 Å². The van der Waals surface area contributed by atoms with E-state index in [1.54, 1.807) is 135 Å². The number of rotatable bonds is 27. The largest absolute Gasteiger partial charge is 0.507 e. The molecule has 6 aromatic carbocycles. The van der Waals surface area contributed by atoms with Crippen LogP contribution in [0.4, 0.5) is 31.4 Å². The molecule has 518 valence electrons. The number of benzene rings is 6. The summed E-state index contributed by atoms with van der Waals surface area (Å²) in [5.41, 5.74) is 16.3. The molecule has 0 heterocycles. The molecule has 3 atom stereocenters. The van der Waals surface area contributed by atoms with E-state index >= 15 is 0 Å². The van der Waals surface area contributed by atoms with E-state index in [9.17, 15) is 58.5 Å². The number of nitrogens with one attached hydrogen (secondary N) is 3. The molecule has 97 heavy (non-hydrogen) atoms. The maximum absolute atomic E-state index is 14.6. The average Bonchev–Trinajstić information content (AvgIpc) is 0.819. The first kappa shape index (κ1) is 75.9. The SMILES string of the molecule is CC(C)(C)OC(=O)N(C(=O)c1ccccc1O)[C@H](CCCCN)C(=O)Nc1ccc(C(c2ccc(NC(=O)[C@@H](CCCCN)N(C(=O)OC(C)(C)C)C(=O)c3ccccc3O)cc2)c2ccc(NC(=O)[C@@H](CCCCN)N(C(=O)OC(C)(C)C)C(=O)c3ccccc3O)cc2)cc1. The number of hydrogen-bond acceptors (Lipinski definition) is 18. The third kappa shape index (κ3) is 21.7. The van der Waals surface area contributed by atoms with Crippen molar-refractivity contribution in [3.05, 3.63) is 179 Å². The van der Waals surface area contributed by atoms with E-state index in [-0.39, 0.29) is 72.6 Å². The molecule has 0 aliphatic carbocycles. The van der Waals surface area contributed by atoms with Crippen LogP contribution < -0.4 is 33.2 Å². The monoisotopic (exact) mass is 1330 g/mol. The molecule has 12 N–H and O–H groups in total. The number of aromatic hydroxyl groups is 3. The summed E-state index contributed by atoms with van der Waals surface area (Å²) in [4.78, 5) is 131. The first-order valence-corrected chi connectivity index (χ1v) is 32.2. The number of phenolic OH excluding ortho intramolecular Hbond substituents is 3. The van der Waals surface area contributed by atoms with Gasteiger partial charge in [0.25, 0.3) is 17.7 Å². The van der Waals surface area contributed by atoms with Crippen LogP contribution in [0.15, 0.2) is 146 Å². The fraction of sp³-hybridized carbons (Fsp3) is 0.384. The van der Waals surface area contributed by atoms with Gasteiger partial charge in [-0.2, -0.15) is 0 Å². The van der Waals surface area contributed by atoms with Crippen LogP contribution in [0.2, 0.25) is 0 Å². The van der Waals surface area contributed by atoms with Gasteiger partial charge in [-0.25, -0.2) is 29.1 Å². The first-order valence-electron chi connectivity index (χ1n) is 32.2. The summed E-state index contributed by atoms with van der Waals surface area (Å²) in [6.45, 7) is 15.3.